The maximum atomic E-state index is 4.79. The molecule has 0 radical (unpaired) electrons. The van der Waals surface area contributed by atoms with Gasteiger partial charge in [-0.1, -0.05) is 31.7 Å². The summed E-state index contributed by atoms with van der Waals surface area (Å²) in [7, 11) is 2.20. The number of benzene rings is 1. The smallest absolute Gasteiger partial charge is 0.0678 e. The van der Waals surface area contributed by atoms with Gasteiger partial charge in [0.1, 0.15) is 0 Å². The van der Waals surface area contributed by atoms with Gasteiger partial charge in [0.25, 0.3) is 0 Å². The number of anilines is 1. The van der Waals surface area contributed by atoms with Crippen LogP contribution in [0.25, 0.3) is 0 Å². The Morgan fingerprint density at radius 2 is 2.05 bits per heavy atom. The highest BCUT2D eigenvalue weighted by atomic mass is 15.1. The molecule has 1 aromatic carbocycles. The Kier molecular flexibility index (Phi) is 4.62. The third-order valence-corrected chi connectivity index (χ3v) is 5.39. The summed E-state index contributed by atoms with van der Waals surface area (Å²) in [5.74, 6) is 0.966. The van der Waals surface area contributed by atoms with Gasteiger partial charge in [0.05, 0.1) is 5.69 Å². The second-order valence-electron chi connectivity index (χ2n) is 6.81. The monoisotopic (exact) mass is 284 g/mol. The number of hydrogen-bond acceptors (Lipinski definition) is 2. The maximum Gasteiger partial charge on any atom is 0.0678 e. The van der Waals surface area contributed by atoms with E-state index in [-0.39, 0.29) is 0 Å². The van der Waals surface area contributed by atoms with Gasteiger partial charge in [-0.05, 0) is 50.7 Å². The number of hydrogen-bond donors (Lipinski definition) is 0. The molecule has 0 aromatic heterocycles. The van der Waals surface area contributed by atoms with Crippen LogP contribution in [0.3, 0.4) is 0 Å². The second-order valence-corrected chi connectivity index (χ2v) is 6.81. The zero-order chi connectivity index (χ0) is 14.7. The van der Waals surface area contributed by atoms with Gasteiger partial charge < -0.3 is 4.90 Å². The summed E-state index contributed by atoms with van der Waals surface area (Å²) in [5, 5.41) is 0. The fourth-order valence-electron chi connectivity index (χ4n) is 3.83. The lowest BCUT2D eigenvalue weighted by Crippen LogP contribution is -2.33. The highest BCUT2D eigenvalue weighted by Crippen LogP contribution is 2.35. The van der Waals surface area contributed by atoms with Crippen molar-refractivity contribution in [3.63, 3.8) is 0 Å². The van der Waals surface area contributed by atoms with E-state index >= 15 is 0 Å². The molecule has 2 nitrogen and oxygen atoms in total. The summed E-state index contributed by atoms with van der Waals surface area (Å²) in [6.07, 6.45) is 12.8. The van der Waals surface area contributed by atoms with Crippen molar-refractivity contribution in [2.75, 3.05) is 11.9 Å². The number of aliphatic imine (C=N–C) groups is 1. The zero-order valence-corrected chi connectivity index (χ0v) is 13.5. The molecule has 2 heteroatoms. The number of fused-ring (bicyclic) bond motifs is 1. The topological polar surface area (TPSA) is 15.6 Å². The fraction of sp³-hybridized carbons (Fsp3) is 0.632. The SMILES string of the molecule is CC1CCc2c(N=CCCC3CCCC3)cccc2N1C. The Balaban J connectivity index is 1.65. The van der Waals surface area contributed by atoms with E-state index in [1.54, 1.807) is 0 Å². The van der Waals surface area contributed by atoms with E-state index in [9.17, 15) is 0 Å². The van der Waals surface area contributed by atoms with Crippen molar-refractivity contribution in [1.82, 2.24) is 0 Å². The first-order valence-electron chi connectivity index (χ1n) is 8.63. The minimum atomic E-state index is 0.638. The highest BCUT2D eigenvalue weighted by molar-refractivity contribution is 5.71. The van der Waals surface area contributed by atoms with E-state index in [1.165, 1.54) is 55.5 Å². The van der Waals surface area contributed by atoms with Gasteiger partial charge in [-0.15, -0.1) is 0 Å². The van der Waals surface area contributed by atoms with Crippen LogP contribution in [0.1, 0.15) is 57.4 Å². The Labute approximate surface area is 129 Å². The van der Waals surface area contributed by atoms with Gasteiger partial charge in [-0.2, -0.15) is 0 Å². The molecule has 2 aliphatic rings. The van der Waals surface area contributed by atoms with E-state index in [0.717, 1.165) is 18.8 Å². The summed E-state index contributed by atoms with van der Waals surface area (Å²) in [6.45, 7) is 2.31. The van der Waals surface area contributed by atoms with Crippen molar-refractivity contribution in [2.24, 2.45) is 10.9 Å². The first-order chi connectivity index (χ1) is 10.3. The van der Waals surface area contributed by atoms with Crippen molar-refractivity contribution in [3.05, 3.63) is 23.8 Å². The molecule has 1 heterocycles. The first-order valence-corrected chi connectivity index (χ1v) is 8.63. The molecular weight excluding hydrogens is 256 g/mol. The van der Waals surface area contributed by atoms with Crippen molar-refractivity contribution in [3.8, 4) is 0 Å². The minimum Gasteiger partial charge on any atom is -0.372 e. The standard InChI is InChI=1S/C19H28N2/c1-15-12-13-17-18(10-5-11-19(17)21(15)2)20-14-6-9-16-7-3-4-8-16/h5,10-11,14-16H,3-4,6-9,12-13H2,1-2H3. The molecule has 1 saturated carbocycles. The summed E-state index contributed by atoms with van der Waals surface area (Å²) in [6, 6.07) is 7.20. The molecule has 21 heavy (non-hydrogen) atoms. The summed E-state index contributed by atoms with van der Waals surface area (Å²) < 4.78 is 0. The van der Waals surface area contributed by atoms with Gasteiger partial charge in [0.2, 0.25) is 0 Å². The van der Waals surface area contributed by atoms with Crippen molar-refractivity contribution >= 4 is 17.6 Å². The van der Waals surface area contributed by atoms with E-state index in [0.29, 0.717) is 6.04 Å². The van der Waals surface area contributed by atoms with Crippen molar-refractivity contribution in [1.29, 1.82) is 0 Å². The van der Waals surface area contributed by atoms with E-state index in [4.69, 9.17) is 4.99 Å². The third kappa shape index (κ3) is 3.30. The molecule has 1 unspecified atom stereocenters. The molecular formula is C19H28N2. The Bertz CT molecular complexity index is 500. The molecule has 0 spiro atoms. The molecule has 1 fully saturated rings. The average molecular weight is 284 g/mol. The average Bonchev–Trinajstić information content (AvgIpc) is 3.01. The van der Waals surface area contributed by atoms with Crippen LogP contribution in [-0.2, 0) is 6.42 Å². The summed E-state index contributed by atoms with van der Waals surface area (Å²) in [4.78, 5) is 7.19. The van der Waals surface area contributed by atoms with Crippen LogP contribution < -0.4 is 4.90 Å². The van der Waals surface area contributed by atoms with Crippen LogP contribution in [0.2, 0.25) is 0 Å². The van der Waals surface area contributed by atoms with Crippen LogP contribution in [0.5, 0.6) is 0 Å². The molecule has 0 bridgehead atoms. The lowest BCUT2D eigenvalue weighted by atomic mass is 9.96. The normalized spacial score (nSPS) is 23.0. The molecule has 1 aliphatic carbocycles. The van der Waals surface area contributed by atoms with Crippen LogP contribution in [-0.4, -0.2) is 19.3 Å². The number of rotatable bonds is 4. The fourth-order valence-corrected chi connectivity index (χ4v) is 3.83. The quantitative estimate of drug-likeness (QED) is 0.700. The van der Waals surface area contributed by atoms with E-state index in [2.05, 4.69) is 43.3 Å². The van der Waals surface area contributed by atoms with Crippen molar-refractivity contribution in [2.45, 2.75) is 64.3 Å². The van der Waals surface area contributed by atoms with Crippen LogP contribution >= 0.6 is 0 Å². The lowest BCUT2D eigenvalue weighted by molar-refractivity contribution is 0.517. The van der Waals surface area contributed by atoms with Crippen LogP contribution in [0.15, 0.2) is 23.2 Å². The molecule has 1 atom stereocenters. The molecule has 114 valence electrons. The van der Waals surface area contributed by atoms with Gasteiger partial charge in [-0.3, -0.25) is 4.99 Å². The molecule has 1 aliphatic heterocycles. The van der Waals surface area contributed by atoms with E-state index in [1.807, 2.05) is 0 Å². The zero-order valence-electron chi connectivity index (χ0n) is 13.5. The Morgan fingerprint density at radius 3 is 2.86 bits per heavy atom. The number of nitrogens with zero attached hydrogens (tertiary/aromatic N) is 2. The minimum absolute atomic E-state index is 0.638. The van der Waals surface area contributed by atoms with Gasteiger partial charge >= 0.3 is 0 Å². The van der Waals surface area contributed by atoms with Crippen molar-refractivity contribution < 1.29 is 0 Å². The van der Waals surface area contributed by atoms with E-state index < -0.39 is 0 Å². The summed E-state index contributed by atoms with van der Waals surface area (Å²) >= 11 is 0. The van der Waals surface area contributed by atoms with Gasteiger partial charge in [0.15, 0.2) is 0 Å². The van der Waals surface area contributed by atoms with Crippen LogP contribution in [0.4, 0.5) is 11.4 Å². The molecule has 3 rings (SSSR count). The summed E-state index contributed by atoms with van der Waals surface area (Å²) in [5.41, 5.74) is 4.01. The van der Waals surface area contributed by atoms with Crippen LogP contribution in [0, 0.1) is 5.92 Å². The molecule has 0 saturated heterocycles. The molecule has 1 aromatic rings. The Hall–Kier alpha value is -1.31. The Morgan fingerprint density at radius 1 is 1.24 bits per heavy atom. The predicted octanol–water partition coefficient (Wildman–Crippen LogP) is 5.13. The predicted molar refractivity (Wildman–Crippen MR) is 92.0 cm³/mol. The third-order valence-electron chi connectivity index (χ3n) is 5.39. The second kappa shape index (κ2) is 6.64. The molecule has 0 N–H and O–H groups in total. The maximum absolute atomic E-state index is 4.79. The molecule has 0 amide bonds. The first kappa shape index (κ1) is 14.6. The lowest BCUT2D eigenvalue weighted by Gasteiger charge is -2.34. The highest BCUT2D eigenvalue weighted by Gasteiger charge is 2.21. The van der Waals surface area contributed by atoms with Gasteiger partial charge in [0, 0.05) is 30.6 Å². The van der Waals surface area contributed by atoms with Gasteiger partial charge in [-0.25, -0.2) is 0 Å². The largest absolute Gasteiger partial charge is 0.372 e.